The maximum Gasteiger partial charge on any atom is 0.407 e. The highest BCUT2D eigenvalue weighted by Gasteiger charge is 2.49. The Kier molecular flexibility index (Phi) is 27.7. The van der Waals surface area contributed by atoms with Crippen LogP contribution in [-0.2, 0) is 63.7 Å². The fourth-order valence-corrected chi connectivity index (χ4v) is 6.39. The van der Waals surface area contributed by atoms with Crippen molar-refractivity contribution in [2.24, 2.45) is 0 Å². The van der Waals surface area contributed by atoms with Crippen molar-refractivity contribution >= 4 is 41.9 Å². The Balaban J connectivity index is 2.18. The standard InChI is InChI=1S/C48H81N7O15/c1-33(56)55-39-41(65-30-21-38(59)51-24-16-27-54-45(62)70-48(8,9)10)40(64-29-20-37(58)50-23-15-26-53-44(61)69-47(5,6)7)35(67-42(39)66-31-34-17-12-11-13-18-34)32-63-28-19-36(57)49-22-14-25-52-43(60)68-46(2,3)4/h11-13,17-18,35,39-42H,14-16,19-32H2,1-10H3,(H,49,57)(H,50,58)(H,51,59)(H,52,60)(H,53,61)(H,54,62)(H,55,56)/t35-,39-,40-,41-,42?/m1/s1. The van der Waals surface area contributed by atoms with Crippen LogP contribution < -0.4 is 37.2 Å². The predicted molar refractivity (Wildman–Crippen MR) is 257 cm³/mol. The summed E-state index contributed by atoms with van der Waals surface area (Å²) in [5.41, 5.74) is -1.09. The molecule has 2 rings (SSSR count). The number of nitrogens with one attached hydrogen (secondary N) is 7. The summed E-state index contributed by atoms with van der Waals surface area (Å²) in [6.45, 7) is 18.6. The van der Waals surface area contributed by atoms with Crippen molar-refractivity contribution in [2.75, 3.05) is 65.7 Å². The van der Waals surface area contributed by atoms with E-state index < -0.39 is 71.6 Å². The van der Waals surface area contributed by atoms with Gasteiger partial charge in [0.25, 0.3) is 0 Å². The summed E-state index contributed by atoms with van der Waals surface area (Å²) in [5, 5.41) is 19.2. The molecule has 7 amide bonds. The van der Waals surface area contributed by atoms with Crippen molar-refractivity contribution in [1.29, 1.82) is 0 Å². The van der Waals surface area contributed by atoms with E-state index in [0.717, 1.165) is 5.56 Å². The van der Waals surface area contributed by atoms with E-state index in [1.165, 1.54) is 6.92 Å². The van der Waals surface area contributed by atoms with Gasteiger partial charge in [-0.25, -0.2) is 14.4 Å². The Morgan fingerprint density at radius 1 is 0.529 bits per heavy atom. The van der Waals surface area contributed by atoms with Gasteiger partial charge in [0, 0.05) is 65.5 Å². The zero-order valence-electron chi connectivity index (χ0n) is 42.9. The molecule has 0 spiro atoms. The first-order chi connectivity index (χ1) is 32.9. The topological polar surface area (TPSA) is 278 Å². The van der Waals surface area contributed by atoms with Crippen LogP contribution in [-0.4, -0.2) is 155 Å². The van der Waals surface area contributed by atoms with Gasteiger partial charge in [-0.1, -0.05) is 30.3 Å². The number of carbonyl (C=O) groups excluding carboxylic acids is 7. The van der Waals surface area contributed by atoms with Gasteiger partial charge in [0.15, 0.2) is 6.29 Å². The van der Waals surface area contributed by atoms with E-state index in [1.54, 1.807) is 62.3 Å². The number of hydrogen-bond donors (Lipinski definition) is 7. The van der Waals surface area contributed by atoms with Gasteiger partial charge >= 0.3 is 18.3 Å². The lowest BCUT2D eigenvalue weighted by molar-refractivity contribution is -0.289. The first-order valence-corrected chi connectivity index (χ1v) is 24.0. The summed E-state index contributed by atoms with van der Waals surface area (Å²) < 4.78 is 47.2. The molecule has 1 aliphatic rings. The molecule has 1 aromatic carbocycles. The van der Waals surface area contributed by atoms with E-state index in [0.29, 0.717) is 32.4 Å². The van der Waals surface area contributed by atoms with Crippen LogP contribution in [0, 0.1) is 0 Å². The van der Waals surface area contributed by atoms with Crippen LogP contribution in [0.15, 0.2) is 30.3 Å². The molecule has 0 radical (unpaired) electrons. The predicted octanol–water partition coefficient (Wildman–Crippen LogP) is 3.48. The van der Waals surface area contributed by atoms with Crippen LogP contribution in [0.2, 0.25) is 0 Å². The minimum Gasteiger partial charge on any atom is -0.444 e. The molecule has 0 saturated carbocycles. The lowest BCUT2D eigenvalue weighted by Crippen LogP contribution is -2.66. The summed E-state index contributed by atoms with van der Waals surface area (Å²) in [5.74, 6) is -1.36. The van der Waals surface area contributed by atoms with E-state index in [-0.39, 0.29) is 96.2 Å². The van der Waals surface area contributed by atoms with Crippen LogP contribution in [0.4, 0.5) is 14.4 Å². The zero-order chi connectivity index (χ0) is 52.2. The van der Waals surface area contributed by atoms with Gasteiger partial charge in [-0.15, -0.1) is 0 Å². The lowest BCUT2D eigenvalue weighted by atomic mass is 9.96. The minimum absolute atomic E-state index is 0.000236. The average Bonchev–Trinajstić information content (AvgIpc) is 3.23. The Morgan fingerprint density at radius 3 is 1.34 bits per heavy atom. The molecule has 1 unspecified atom stereocenters. The number of hydrogen-bond acceptors (Lipinski definition) is 15. The summed E-state index contributed by atoms with van der Waals surface area (Å²) >= 11 is 0. The monoisotopic (exact) mass is 996 g/mol. The van der Waals surface area contributed by atoms with Gasteiger partial charge in [-0.05, 0) is 87.1 Å². The maximum atomic E-state index is 13.0. The van der Waals surface area contributed by atoms with Crippen molar-refractivity contribution in [2.45, 2.75) is 162 Å². The number of ether oxygens (including phenoxy) is 8. The average molecular weight is 996 g/mol. The summed E-state index contributed by atoms with van der Waals surface area (Å²) in [4.78, 5) is 87.2. The van der Waals surface area contributed by atoms with E-state index in [1.807, 2.05) is 30.3 Å². The second-order valence-corrected chi connectivity index (χ2v) is 19.5. The Labute approximate surface area is 413 Å². The Hall–Kier alpha value is -5.29. The van der Waals surface area contributed by atoms with Crippen molar-refractivity contribution in [3.63, 3.8) is 0 Å². The molecule has 1 aliphatic heterocycles. The smallest absolute Gasteiger partial charge is 0.407 e. The van der Waals surface area contributed by atoms with Gasteiger partial charge in [0.05, 0.1) is 33.0 Å². The van der Waals surface area contributed by atoms with Crippen molar-refractivity contribution < 1.29 is 71.5 Å². The van der Waals surface area contributed by atoms with E-state index in [2.05, 4.69) is 37.2 Å². The molecule has 0 aliphatic carbocycles. The third kappa shape index (κ3) is 29.7. The SMILES string of the molecule is CC(=O)N[C@H]1C(OCc2ccccc2)O[C@H](COCCC(=O)NCCCNC(=O)OC(C)(C)C)[C@@H](OCCC(=O)NCCCNC(=O)OC(C)(C)C)[C@@H]1OCCC(=O)NCCCNC(=O)OC(C)(C)C. The second kappa shape index (κ2) is 31.8. The van der Waals surface area contributed by atoms with Crippen LogP contribution in [0.1, 0.15) is 113 Å². The third-order valence-electron chi connectivity index (χ3n) is 9.34. The van der Waals surface area contributed by atoms with Gasteiger partial charge in [0.2, 0.25) is 23.6 Å². The summed E-state index contributed by atoms with van der Waals surface area (Å²) in [6, 6.07) is 8.35. The second-order valence-electron chi connectivity index (χ2n) is 19.5. The van der Waals surface area contributed by atoms with E-state index in [4.69, 9.17) is 37.9 Å². The fraction of sp³-hybridized carbons (Fsp3) is 0.729. The normalized spacial score (nSPS) is 18.1. The van der Waals surface area contributed by atoms with Crippen molar-refractivity contribution in [1.82, 2.24) is 37.2 Å². The number of carbonyl (C=O) groups is 7. The van der Waals surface area contributed by atoms with E-state index >= 15 is 0 Å². The quantitative estimate of drug-likeness (QED) is 0.0447. The molecule has 1 fully saturated rings. The molecule has 5 atom stereocenters. The molecule has 1 saturated heterocycles. The molecule has 398 valence electrons. The molecular weight excluding hydrogens is 915 g/mol. The van der Waals surface area contributed by atoms with Crippen LogP contribution in [0.5, 0.6) is 0 Å². The molecule has 1 aromatic rings. The van der Waals surface area contributed by atoms with Crippen LogP contribution >= 0.6 is 0 Å². The minimum atomic E-state index is -1.11. The van der Waals surface area contributed by atoms with E-state index in [9.17, 15) is 33.6 Å². The molecule has 1 heterocycles. The fourth-order valence-electron chi connectivity index (χ4n) is 6.39. The maximum absolute atomic E-state index is 13.0. The highest BCUT2D eigenvalue weighted by molar-refractivity contribution is 5.77. The third-order valence-corrected chi connectivity index (χ3v) is 9.34. The molecule has 0 bridgehead atoms. The molecular formula is C48H81N7O15. The first kappa shape index (κ1) is 60.8. The number of benzene rings is 1. The number of rotatable bonds is 29. The Bertz CT molecular complexity index is 1750. The molecule has 22 nitrogen and oxygen atoms in total. The van der Waals surface area contributed by atoms with Gasteiger partial charge in [-0.2, -0.15) is 0 Å². The van der Waals surface area contributed by atoms with Crippen LogP contribution in [0.25, 0.3) is 0 Å². The molecule has 70 heavy (non-hydrogen) atoms. The van der Waals surface area contributed by atoms with Crippen molar-refractivity contribution in [3.8, 4) is 0 Å². The summed E-state index contributed by atoms with van der Waals surface area (Å²) in [6.07, 6.45) is -4.48. The molecule has 0 aromatic heterocycles. The molecule has 7 N–H and O–H groups in total. The Morgan fingerprint density at radius 2 is 0.929 bits per heavy atom. The summed E-state index contributed by atoms with van der Waals surface area (Å²) in [7, 11) is 0. The highest BCUT2D eigenvalue weighted by Crippen LogP contribution is 2.29. The lowest BCUT2D eigenvalue weighted by Gasteiger charge is -2.46. The first-order valence-electron chi connectivity index (χ1n) is 24.0. The number of alkyl carbamates (subject to hydrolysis) is 3. The number of amides is 7. The molecule has 22 heteroatoms. The largest absolute Gasteiger partial charge is 0.444 e. The van der Waals surface area contributed by atoms with Crippen molar-refractivity contribution in [3.05, 3.63) is 35.9 Å². The highest BCUT2D eigenvalue weighted by atomic mass is 16.7. The van der Waals surface area contributed by atoms with Crippen LogP contribution in [0.3, 0.4) is 0 Å². The zero-order valence-corrected chi connectivity index (χ0v) is 42.9. The van der Waals surface area contributed by atoms with Gasteiger partial charge in [-0.3, -0.25) is 19.2 Å². The van der Waals surface area contributed by atoms with Gasteiger partial charge in [0.1, 0.15) is 41.2 Å². The van der Waals surface area contributed by atoms with Gasteiger partial charge < -0.3 is 75.1 Å².